The van der Waals surface area contributed by atoms with E-state index in [2.05, 4.69) is 407 Å². The summed E-state index contributed by atoms with van der Waals surface area (Å²) in [4.78, 5) is 14.4. The number of halogens is 1. The molecule has 4 nitrogen and oxygen atoms in total. The van der Waals surface area contributed by atoms with E-state index in [-0.39, 0.29) is 11.2 Å². The van der Waals surface area contributed by atoms with Crippen molar-refractivity contribution in [3.8, 4) is 77.9 Å². The predicted molar refractivity (Wildman–Crippen MR) is 546 cm³/mol. The predicted octanol–water partition coefficient (Wildman–Crippen LogP) is 34.7. The molecule has 0 aromatic heterocycles. The van der Waals surface area contributed by atoms with Crippen LogP contribution < -0.4 is 24.8 Å². The topological polar surface area (TPSA) is 13.0 Å². The van der Waals surface area contributed by atoms with E-state index in [1.54, 1.807) is 6.07 Å². The fraction of sp³-hybridized carbons (Fsp3) is 0.0667. The second-order valence-corrected chi connectivity index (χ2v) is 42.9. The minimum absolute atomic E-state index is 0.299. The van der Waals surface area contributed by atoms with Gasteiger partial charge < -0.3 is 19.6 Å². The Balaban J connectivity index is 0.570. The summed E-state index contributed by atoms with van der Waals surface area (Å²) in [6, 6.07) is 150. The van der Waals surface area contributed by atoms with Gasteiger partial charge >= 0.3 is 0 Å². The monoisotopic (exact) mass is 1700 g/mol. The van der Waals surface area contributed by atoms with E-state index in [1.807, 2.05) is 90.3 Å². The van der Waals surface area contributed by atoms with Crippen LogP contribution in [0.1, 0.15) is 36.1 Å². The smallest absolute Gasteiger partial charge is 0.148 e. The maximum atomic E-state index is 17.7. The first-order valence-electron chi connectivity index (χ1n) is 44.2. The van der Waals surface area contributed by atoms with Gasteiger partial charge in [-0.1, -0.05) is 317 Å². The molecule has 20 aromatic rings. The van der Waals surface area contributed by atoms with Crippen LogP contribution in [0.3, 0.4) is 0 Å². The molecule has 0 unspecified atom stereocenters. The first-order valence-corrected chi connectivity index (χ1v) is 49.3. The number of fused-ring (bicyclic) bond motifs is 11. The summed E-state index contributed by atoms with van der Waals surface area (Å²) in [7, 11) is -1.56. The number of anilines is 12. The summed E-state index contributed by atoms with van der Waals surface area (Å²) in [5.74, 6) is -0.303. The molecule has 0 bridgehead atoms. The van der Waals surface area contributed by atoms with Crippen LogP contribution in [-0.2, 0) is 5.41 Å². The molecule has 0 spiro atoms. The van der Waals surface area contributed by atoms with Crippen LogP contribution in [0.15, 0.2) is 432 Å². The van der Waals surface area contributed by atoms with Gasteiger partial charge in [-0.25, -0.2) is 4.39 Å². The Hall–Kier alpha value is -14.5. The van der Waals surface area contributed by atoms with Gasteiger partial charge in [0, 0.05) is 104 Å². The van der Waals surface area contributed by atoms with Crippen LogP contribution in [0.4, 0.5) is 72.6 Å². The summed E-state index contributed by atoms with van der Waals surface area (Å²) in [6.45, 7) is 16.7. The van der Waals surface area contributed by atoms with E-state index in [9.17, 15) is 0 Å². The van der Waals surface area contributed by atoms with E-state index in [0.29, 0.717) is 5.69 Å². The third kappa shape index (κ3) is 13.3. The molecule has 2 heterocycles. The van der Waals surface area contributed by atoms with Crippen LogP contribution >= 0.6 is 23.5 Å². The summed E-state index contributed by atoms with van der Waals surface area (Å²) in [5.41, 5.74) is 32.7. The molecule has 0 amide bonds. The second kappa shape index (κ2) is 31.3. The normalized spacial score (nSPS) is 12.7. The molecule has 128 heavy (non-hydrogen) atoms. The largest absolute Gasteiger partial charge is 0.310 e. The van der Waals surface area contributed by atoms with E-state index in [0.717, 1.165) is 112 Å². The Morgan fingerprint density at radius 3 is 1.21 bits per heavy atom. The molecule has 0 saturated heterocycles. The lowest BCUT2D eigenvalue weighted by Crippen LogP contribution is -2.37. The molecule has 612 valence electrons. The second-order valence-electron chi connectivity index (χ2n) is 35.7. The zero-order valence-corrected chi connectivity index (χ0v) is 74.9. The van der Waals surface area contributed by atoms with Crippen molar-refractivity contribution in [2.45, 2.75) is 72.3 Å². The van der Waals surface area contributed by atoms with E-state index < -0.39 is 8.07 Å². The standard InChI is InChI=1S/C120H89FN4S2Si/c1-76-95-61-54-89(71-104(95)99-46-29-50-112-117(99)116(76)102-65-58-93(75-114(102)127-112)124(87-52-59-94(60-53-87)128(5,6)7)110-48-27-26-45-97(110)79-33-16-9-17-34-79)123(85-40-22-12-23-41-85)91-56-63-98-106-68-82(51-66-107(106)120(3,4)108(98)73-91)81-37-28-44-88(67-81)122(84-38-20-11-21-39-84)92-57-64-101-113(74-92)126-111-49-30-47-100-105-72-90(55-62-96(105)77(2)115(101)118(100)111)125(86-42-24-13-25-43-86)119-103(80-35-18-10-19-36-80)69-83(70-109(119)121)78-31-14-8-15-32-78/h8-75H,1-7H3. The van der Waals surface area contributed by atoms with Crippen molar-refractivity contribution in [1.82, 2.24) is 0 Å². The van der Waals surface area contributed by atoms with Gasteiger partial charge in [0.05, 0.1) is 19.4 Å². The highest BCUT2D eigenvalue weighted by molar-refractivity contribution is 8.00. The average Bonchev–Trinajstić information content (AvgIpc) is 1.43. The van der Waals surface area contributed by atoms with Crippen molar-refractivity contribution in [3.63, 3.8) is 0 Å². The van der Waals surface area contributed by atoms with Crippen LogP contribution in [0.25, 0.3) is 121 Å². The van der Waals surface area contributed by atoms with Crippen LogP contribution in [0.2, 0.25) is 19.6 Å². The van der Waals surface area contributed by atoms with Crippen molar-refractivity contribution in [2.24, 2.45) is 0 Å². The number of aryl methyl sites for hydroxylation is 2. The lowest BCUT2D eigenvalue weighted by molar-refractivity contribution is 0.630. The highest BCUT2D eigenvalue weighted by Crippen LogP contribution is 2.59. The number of rotatable bonds is 17. The fourth-order valence-electron chi connectivity index (χ4n) is 20.5. The summed E-state index contributed by atoms with van der Waals surface area (Å²) in [6.07, 6.45) is 0. The van der Waals surface area contributed by atoms with Crippen molar-refractivity contribution in [2.75, 3.05) is 19.6 Å². The third-order valence-corrected chi connectivity index (χ3v) is 31.0. The Labute approximate surface area is 757 Å². The number of benzene rings is 20. The Kier molecular flexibility index (Phi) is 19.1. The van der Waals surface area contributed by atoms with Gasteiger partial charge in [-0.05, 0) is 293 Å². The first kappa shape index (κ1) is 78.2. The lowest BCUT2D eigenvalue weighted by atomic mass is 9.82. The van der Waals surface area contributed by atoms with Gasteiger partial charge in [-0.2, -0.15) is 0 Å². The average molecular weight is 1700 g/mol. The quantitative estimate of drug-likeness (QED) is 0.0661. The van der Waals surface area contributed by atoms with E-state index in [4.69, 9.17) is 0 Å². The molecule has 23 rings (SSSR count). The van der Waals surface area contributed by atoms with Crippen molar-refractivity contribution < 1.29 is 4.39 Å². The SMILES string of the molecule is Cc1c2c3c(cccc3c3cc(N(c4ccccc4)c4ccc5c(c4)C(C)(C)c4ccc(-c6cccc(N(c7ccccc7)c7ccc8c(c7)Sc7cccc9c7c-8c(C)c7ccc(N(c8ccccc8)c8c(F)cc(-c%10ccccc%10)cc8-c8ccccc8)cc79)c6)cc4-5)ccc13)Sc1cc(N(c3ccc([Si](C)(C)C)cc3)c3ccccc3-c3ccccc3)ccc1-2. The van der Waals surface area contributed by atoms with Crippen LogP contribution in [0.5, 0.6) is 0 Å². The summed E-state index contributed by atoms with van der Waals surface area (Å²) >= 11 is 3.73. The van der Waals surface area contributed by atoms with Crippen molar-refractivity contribution >= 4 is 148 Å². The van der Waals surface area contributed by atoms with Gasteiger partial charge in [-0.3, -0.25) is 0 Å². The summed E-state index contributed by atoms with van der Waals surface area (Å²) < 4.78 is 17.7. The molecule has 1 aliphatic carbocycles. The van der Waals surface area contributed by atoms with Gasteiger partial charge in [0.15, 0.2) is 0 Å². The molecule has 0 saturated carbocycles. The van der Waals surface area contributed by atoms with Crippen LogP contribution in [0, 0.1) is 19.7 Å². The molecule has 3 aliphatic rings. The zero-order chi connectivity index (χ0) is 86.2. The van der Waals surface area contributed by atoms with Crippen LogP contribution in [-0.4, -0.2) is 8.07 Å². The highest BCUT2D eigenvalue weighted by atomic mass is 32.2. The van der Waals surface area contributed by atoms with Gasteiger partial charge in [0.25, 0.3) is 0 Å². The molecule has 0 radical (unpaired) electrons. The summed E-state index contributed by atoms with van der Waals surface area (Å²) in [5, 5.41) is 11.2. The molecule has 2 aliphatic heterocycles. The minimum atomic E-state index is -1.56. The Morgan fingerprint density at radius 1 is 0.250 bits per heavy atom. The molecular formula is C120H89FN4S2Si. The molecule has 20 aromatic carbocycles. The molecule has 8 heteroatoms. The number of hydrogen-bond acceptors (Lipinski definition) is 6. The maximum absolute atomic E-state index is 17.7. The Morgan fingerprint density at radius 2 is 0.656 bits per heavy atom. The van der Waals surface area contributed by atoms with E-state index >= 15 is 4.39 Å². The maximum Gasteiger partial charge on any atom is 0.148 e. The number of hydrogen-bond donors (Lipinski definition) is 0. The fourth-order valence-corrected chi connectivity index (χ4v) is 24.0. The molecule has 0 N–H and O–H groups in total. The molecule has 0 atom stereocenters. The Bertz CT molecular complexity index is 7850. The van der Waals surface area contributed by atoms with Gasteiger partial charge in [-0.15, -0.1) is 0 Å². The number of para-hydroxylation sites is 4. The number of nitrogens with zero attached hydrogens (tertiary/aromatic N) is 4. The van der Waals surface area contributed by atoms with Crippen molar-refractivity contribution in [1.29, 1.82) is 0 Å². The molecular weight excluding hydrogens is 1610 g/mol. The zero-order valence-electron chi connectivity index (χ0n) is 72.2. The minimum Gasteiger partial charge on any atom is -0.310 e. The third-order valence-electron chi connectivity index (χ3n) is 26.7. The van der Waals surface area contributed by atoms with E-state index in [1.165, 1.54) is 118 Å². The first-order chi connectivity index (χ1) is 62.6. The lowest BCUT2D eigenvalue weighted by Gasteiger charge is -2.31. The van der Waals surface area contributed by atoms with Gasteiger partial charge in [0.1, 0.15) is 5.82 Å². The van der Waals surface area contributed by atoms with Gasteiger partial charge in [0.2, 0.25) is 0 Å². The highest BCUT2D eigenvalue weighted by Gasteiger charge is 2.38. The molecule has 0 fully saturated rings. The van der Waals surface area contributed by atoms with Crippen molar-refractivity contribution in [3.05, 3.63) is 441 Å².